The zero-order chi connectivity index (χ0) is 19.8. The van der Waals surface area contributed by atoms with E-state index < -0.39 is 0 Å². The van der Waals surface area contributed by atoms with Crippen LogP contribution >= 0.6 is 0 Å². The van der Waals surface area contributed by atoms with E-state index >= 15 is 0 Å². The van der Waals surface area contributed by atoms with Crippen molar-refractivity contribution in [2.24, 2.45) is 4.99 Å². The molecule has 3 aromatic rings. The third kappa shape index (κ3) is 3.18. The van der Waals surface area contributed by atoms with E-state index in [2.05, 4.69) is 51.7 Å². The first kappa shape index (κ1) is 17.6. The van der Waals surface area contributed by atoms with Crippen molar-refractivity contribution in [2.45, 2.75) is 26.6 Å². The molecule has 3 heterocycles. The molecule has 0 amide bonds. The van der Waals surface area contributed by atoms with Gasteiger partial charge in [0, 0.05) is 19.3 Å². The summed E-state index contributed by atoms with van der Waals surface area (Å²) >= 11 is 0. The predicted molar refractivity (Wildman–Crippen MR) is 114 cm³/mol. The van der Waals surface area contributed by atoms with E-state index in [0.717, 1.165) is 35.2 Å². The summed E-state index contributed by atoms with van der Waals surface area (Å²) in [5.41, 5.74) is 3.57. The highest BCUT2D eigenvalue weighted by atomic mass is 16.1. The van der Waals surface area contributed by atoms with Gasteiger partial charge in [-0.25, -0.2) is 9.36 Å². The van der Waals surface area contributed by atoms with Crippen LogP contribution in [0.5, 0.6) is 0 Å². The molecule has 29 heavy (non-hydrogen) atoms. The molecule has 0 unspecified atom stereocenters. The Morgan fingerprint density at radius 3 is 2.66 bits per heavy atom. The van der Waals surface area contributed by atoms with Crippen molar-refractivity contribution >= 4 is 24.4 Å². The number of benzene rings is 2. The normalized spacial score (nSPS) is 14.2. The number of hydrogen-bond donors (Lipinski definition) is 0. The van der Waals surface area contributed by atoms with Crippen molar-refractivity contribution < 1.29 is 4.57 Å². The maximum Gasteiger partial charge on any atom is 0.402 e. The minimum atomic E-state index is 0.0163. The van der Waals surface area contributed by atoms with Gasteiger partial charge in [0.2, 0.25) is 0 Å². The lowest BCUT2D eigenvalue weighted by molar-refractivity contribution is -0.681. The zero-order valence-corrected chi connectivity index (χ0v) is 16.5. The second-order valence-electron chi connectivity index (χ2n) is 7.59. The minimum Gasteiger partial charge on any atom is -0.368 e. The van der Waals surface area contributed by atoms with Gasteiger partial charge in [-0.3, -0.25) is 0 Å². The lowest BCUT2D eigenvalue weighted by Gasteiger charge is -2.21. The molecule has 0 spiro atoms. The third-order valence-electron chi connectivity index (χ3n) is 5.65. The Balaban J connectivity index is 1.62. The van der Waals surface area contributed by atoms with Crippen LogP contribution in [0, 0.1) is 6.92 Å². The fourth-order valence-corrected chi connectivity index (χ4v) is 4.08. The topological polar surface area (TPSA) is 41.5 Å². The number of hydrogen-bond acceptors (Lipinski definition) is 3. The Kier molecular flexibility index (Phi) is 4.35. The zero-order valence-electron chi connectivity index (χ0n) is 16.5. The standard InChI is InChI=1S/C24H23N4O/c1-18-7-5-6-10-20(18)16-28-23(29)21-17-26(15-19-8-3-2-4-9-19)13-11-22(21)27-14-12-25-24(27)28/h2-12,17H,13-16H2,1H3/q+1. The maximum absolute atomic E-state index is 13.5. The Morgan fingerprint density at radius 2 is 1.83 bits per heavy atom. The molecular formula is C24H23N4O+. The maximum atomic E-state index is 13.5. The van der Waals surface area contributed by atoms with Crippen LogP contribution < -0.4 is 20.7 Å². The molecular weight excluding hydrogens is 360 g/mol. The van der Waals surface area contributed by atoms with Crippen LogP contribution in [-0.4, -0.2) is 22.2 Å². The number of aryl methyl sites for hydroxylation is 1. The van der Waals surface area contributed by atoms with E-state index in [-0.39, 0.29) is 5.56 Å². The molecule has 5 nitrogen and oxygen atoms in total. The second-order valence-corrected chi connectivity index (χ2v) is 7.59. The first-order valence-corrected chi connectivity index (χ1v) is 9.94. The number of aromatic nitrogens is 2. The Bertz CT molecular complexity index is 1290. The highest BCUT2D eigenvalue weighted by Crippen LogP contribution is 2.12. The second kappa shape index (κ2) is 7.17. The SMILES string of the molecule is Cc1ccccc1Cn1c2[n+](c3c(c1=O)=CN(Cc1ccccc1)CC=3)CC=N2. The third-order valence-corrected chi connectivity index (χ3v) is 5.65. The summed E-state index contributed by atoms with van der Waals surface area (Å²) in [6.45, 7) is 4.87. The molecule has 144 valence electrons. The molecule has 2 aliphatic rings. The van der Waals surface area contributed by atoms with Crippen LogP contribution in [0.25, 0.3) is 12.3 Å². The quantitative estimate of drug-likeness (QED) is 0.636. The molecule has 0 saturated carbocycles. The van der Waals surface area contributed by atoms with E-state index in [1.807, 2.05) is 42.7 Å². The molecule has 0 bridgehead atoms. The van der Waals surface area contributed by atoms with Gasteiger partial charge in [0.15, 0.2) is 0 Å². The first-order valence-electron chi connectivity index (χ1n) is 9.94. The van der Waals surface area contributed by atoms with Gasteiger partial charge in [-0.1, -0.05) is 59.6 Å². The van der Waals surface area contributed by atoms with E-state index in [4.69, 9.17) is 0 Å². The lowest BCUT2D eigenvalue weighted by atomic mass is 10.1. The fourth-order valence-electron chi connectivity index (χ4n) is 4.08. The van der Waals surface area contributed by atoms with Gasteiger partial charge in [0.05, 0.1) is 0 Å². The molecule has 5 heteroatoms. The van der Waals surface area contributed by atoms with Crippen molar-refractivity contribution in [1.29, 1.82) is 0 Å². The average molecular weight is 383 g/mol. The number of fused-ring (bicyclic) bond motifs is 3. The molecule has 0 radical (unpaired) electrons. The van der Waals surface area contributed by atoms with Gasteiger partial charge in [-0.05, 0) is 29.7 Å². The summed E-state index contributed by atoms with van der Waals surface area (Å²) < 4.78 is 3.95. The van der Waals surface area contributed by atoms with Crippen LogP contribution in [0.2, 0.25) is 0 Å². The highest BCUT2D eigenvalue weighted by molar-refractivity contribution is 5.61. The van der Waals surface area contributed by atoms with Crippen LogP contribution in [-0.2, 0) is 19.6 Å². The predicted octanol–water partition coefficient (Wildman–Crippen LogP) is 1.24. The van der Waals surface area contributed by atoms with Crippen molar-refractivity contribution in [2.75, 3.05) is 6.54 Å². The van der Waals surface area contributed by atoms with Gasteiger partial charge in [0.1, 0.15) is 29.9 Å². The summed E-state index contributed by atoms with van der Waals surface area (Å²) in [5.74, 6) is 0.734. The molecule has 0 saturated heterocycles. The number of nitrogens with zero attached hydrogens (tertiary/aromatic N) is 4. The highest BCUT2D eigenvalue weighted by Gasteiger charge is 2.26. The van der Waals surface area contributed by atoms with Gasteiger partial charge in [-0.15, -0.1) is 0 Å². The van der Waals surface area contributed by atoms with Crippen molar-refractivity contribution in [1.82, 2.24) is 9.47 Å². The molecule has 0 fully saturated rings. The summed E-state index contributed by atoms with van der Waals surface area (Å²) in [5, 5.41) is 1.72. The molecule has 2 aromatic carbocycles. The van der Waals surface area contributed by atoms with Gasteiger partial charge in [0.25, 0.3) is 0 Å². The summed E-state index contributed by atoms with van der Waals surface area (Å²) in [6.07, 6.45) is 6.05. The van der Waals surface area contributed by atoms with Crippen molar-refractivity contribution in [3.63, 3.8) is 0 Å². The van der Waals surface area contributed by atoms with Gasteiger partial charge < -0.3 is 4.90 Å². The summed E-state index contributed by atoms with van der Waals surface area (Å²) in [6, 6.07) is 18.6. The van der Waals surface area contributed by atoms with Crippen LogP contribution in [0.1, 0.15) is 16.7 Å². The molecule has 0 N–H and O–H groups in total. The van der Waals surface area contributed by atoms with Crippen LogP contribution in [0.3, 0.4) is 0 Å². The average Bonchev–Trinajstić information content (AvgIpc) is 3.23. The van der Waals surface area contributed by atoms with Gasteiger partial charge >= 0.3 is 11.5 Å². The molecule has 5 rings (SSSR count). The lowest BCUT2D eigenvalue weighted by Crippen LogP contribution is -2.65. The number of rotatable bonds is 4. The molecule has 1 aromatic heterocycles. The van der Waals surface area contributed by atoms with E-state index in [9.17, 15) is 4.79 Å². The van der Waals surface area contributed by atoms with Crippen molar-refractivity contribution in [3.8, 4) is 0 Å². The molecule has 0 atom stereocenters. The summed E-state index contributed by atoms with van der Waals surface area (Å²) in [4.78, 5) is 20.2. The molecule has 2 aliphatic heterocycles. The number of aliphatic imine (C=N–C) groups is 1. The van der Waals surface area contributed by atoms with E-state index in [1.54, 1.807) is 4.57 Å². The Hall–Kier alpha value is -3.47. The molecule has 0 aliphatic carbocycles. The van der Waals surface area contributed by atoms with E-state index in [1.165, 1.54) is 11.1 Å². The minimum absolute atomic E-state index is 0.0163. The van der Waals surface area contributed by atoms with Crippen LogP contribution in [0.15, 0.2) is 64.4 Å². The largest absolute Gasteiger partial charge is 0.402 e. The Labute approximate surface area is 169 Å². The fraction of sp³-hybridized carbons (Fsp3) is 0.208. The Morgan fingerprint density at radius 1 is 1.03 bits per heavy atom. The monoisotopic (exact) mass is 383 g/mol. The van der Waals surface area contributed by atoms with Gasteiger partial charge in [-0.2, -0.15) is 4.57 Å². The smallest absolute Gasteiger partial charge is 0.368 e. The first-order chi connectivity index (χ1) is 14.2. The van der Waals surface area contributed by atoms with Crippen LogP contribution in [0.4, 0.5) is 5.95 Å². The van der Waals surface area contributed by atoms with Crippen molar-refractivity contribution in [3.05, 3.63) is 92.2 Å². The van der Waals surface area contributed by atoms with E-state index in [0.29, 0.717) is 13.1 Å². The summed E-state index contributed by atoms with van der Waals surface area (Å²) in [7, 11) is 0.